The molecule has 0 saturated carbocycles. The van der Waals surface area contributed by atoms with Crippen LogP contribution in [0.2, 0.25) is 0 Å². The summed E-state index contributed by atoms with van der Waals surface area (Å²) in [5, 5.41) is 11.8. The molecule has 0 fully saturated rings. The fourth-order valence-electron chi connectivity index (χ4n) is 2.35. The summed E-state index contributed by atoms with van der Waals surface area (Å²) in [7, 11) is 0. The quantitative estimate of drug-likeness (QED) is 0.542. The van der Waals surface area contributed by atoms with Crippen molar-refractivity contribution < 1.29 is 13.7 Å². The minimum atomic E-state index is -0.671. The second-order valence-corrected chi connectivity index (χ2v) is 4.65. The monoisotopic (exact) mass is 288 g/mol. The SMILES string of the molecule is O=[N+]([O-])c1cccc2ccn(Cc3ccc(F)cc3F)c12. The van der Waals surface area contributed by atoms with Gasteiger partial charge in [0.05, 0.1) is 11.5 Å². The largest absolute Gasteiger partial charge is 0.337 e. The van der Waals surface area contributed by atoms with Crippen molar-refractivity contribution in [3.05, 3.63) is 76.0 Å². The predicted molar refractivity (Wildman–Crippen MR) is 74.1 cm³/mol. The van der Waals surface area contributed by atoms with E-state index in [2.05, 4.69) is 0 Å². The third kappa shape index (κ3) is 2.35. The molecule has 4 nitrogen and oxygen atoms in total. The molecule has 1 aromatic heterocycles. The number of nitro benzene ring substituents is 1. The maximum absolute atomic E-state index is 13.7. The van der Waals surface area contributed by atoms with E-state index in [0.29, 0.717) is 10.9 Å². The van der Waals surface area contributed by atoms with Crippen molar-refractivity contribution in [2.24, 2.45) is 0 Å². The first-order valence-corrected chi connectivity index (χ1v) is 6.22. The fraction of sp³-hybridized carbons (Fsp3) is 0.0667. The highest BCUT2D eigenvalue weighted by Crippen LogP contribution is 2.27. The first kappa shape index (κ1) is 13.2. The molecule has 0 bridgehead atoms. The maximum atomic E-state index is 13.7. The Bertz CT molecular complexity index is 843. The minimum Gasteiger partial charge on any atom is -0.337 e. The molecule has 0 unspecified atom stereocenters. The van der Waals surface area contributed by atoms with Gasteiger partial charge in [-0.25, -0.2) is 8.78 Å². The van der Waals surface area contributed by atoms with Crippen LogP contribution in [0.5, 0.6) is 0 Å². The Morgan fingerprint density at radius 3 is 2.67 bits per heavy atom. The highest BCUT2D eigenvalue weighted by atomic mass is 19.1. The highest BCUT2D eigenvalue weighted by molar-refractivity contribution is 5.88. The van der Waals surface area contributed by atoms with Gasteiger partial charge >= 0.3 is 0 Å². The third-order valence-electron chi connectivity index (χ3n) is 3.32. The smallest absolute Gasteiger partial charge is 0.293 e. The number of nitro groups is 1. The summed E-state index contributed by atoms with van der Waals surface area (Å²) in [6.45, 7) is 0.0977. The van der Waals surface area contributed by atoms with Gasteiger partial charge in [0.1, 0.15) is 17.2 Å². The van der Waals surface area contributed by atoms with Crippen molar-refractivity contribution in [3.63, 3.8) is 0 Å². The van der Waals surface area contributed by atoms with E-state index >= 15 is 0 Å². The van der Waals surface area contributed by atoms with E-state index in [1.807, 2.05) is 0 Å². The Balaban J connectivity index is 2.11. The van der Waals surface area contributed by atoms with Gasteiger partial charge in [0.2, 0.25) is 0 Å². The Labute approximate surface area is 118 Å². The molecule has 2 aromatic carbocycles. The zero-order chi connectivity index (χ0) is 15.0. The molecule has 0 saturated heterocycles. The van der Waals surface area contributed by atoms with E-state index in [0.717, 1.165) is 6.07 Å². The zero-order valence-electron chi connectivity index (χ0n) is 10.8. The number of fused-ring (bicyclic) bond motifs is 1. The summed E-state index contributed by atoms with van der Waals surface area (Å²) in [6, 6.07) is 9.78. The Morgan fingerprint density at radius 2 is 1.95 bits per heavy atom. The number of nitrogens with zero attached hydrogens (tertiary/aromatic N) is 2. The van der Waals surface area contributed by atoms with Crippen LogP contribution >= 0.6 is 0 Å². The summed E-state index contributed by atoms with van der Waals surface area (Å²) >= 11 is 0. The van der Waals surface area contributed by atoms with Crippen LogP contribution < -0.4 is 0 Å². The molecule has 0 radical (unpaired) electrons. The molecular formula is C15H10F2N2O2. The molecule has 3 rings (SSSR count). The first-order chi connectivity index (χ1) is 10.1. The van der Waals surface area contributed by atoms with Crippen LogP contribution in [0.1, 0.15) is 5.56 Å². The van der Waals surface area contributed by atoms with Crippen molar-refractivity contribution in [3.8, 4) is 0 Å². The molecule has 6 heteroatoms. The second kappa shape index (κ2) is 4.97. The molecule has 106 valence electrons. The summed E-state index contributed by atoms with van der Waals surface area (Å²) in [5.41, 5.74) is 0.651. The standard InChI is InChI=1S/C15H10F2N2O2/c16-12-5-4-11(13(17)8-12)9-18-7-6-10-2-1-3-14(15(10)18)19(20)21/h1-8H,9H2. The summed E-state index contributed by atoms with van der Waals surface area (Å²) < 4.78 is 28.2. The van der Waals surface area contributed by atoms with Crippen molar-refractivity contribution in [2.75, 3.05) is 0 Å². The summed E-state index contributed by atoms with van der Waals surface area (Å²) in [4.78, 5) is 10.6. The van der Waals surface area contributed by atoms with Gasteiger partial charge in [0, 0.05) is 29.3 Å². The summed E-state index contributed by atoms with van der Waals surface area (Å²) in [6.07, 6.45) is 1.65. The normalized spacial score (nSPS) is 11.0. The van der Waals surface area contributed by atoms with E-state index in [-0.39, 0.29) is 17.8 Å². The van der Waals surface area contributed by atoms with E-state index in [9.17, 15) is 18.9 Å². The zero-order valence-corrected chi connectivity index (χ0v) is 10.8. The Hall–Kier alpha value is -2.76. The summed E-state index contributed by atoms with van der Waals surface area (Å²) in [5.74, 6) is -1.32. The van der Waals surface area contributed by atoms with E-state index in [4.69, 9.17) is 0 Å². The molecule has 3 aromatic rings. The van der Waals surface area contributed by atoms with Crippen LogP contribution in [0.4, 0.5) is 14.5 Å². The number of aromatic nitrogens is 1. The number of benzene rings is 2. The lowest BCUT2D eigenvalue weighted by Crippen LogP contribution is -2.02. The second-order valence-electron chi connectivity index (χ2n) is 4.65. The van der Waals surface area contributed by atoms with Crippen LogP contribution in [0.15, 0.2) is 48.7 Å². The lowest BCUT2D eigenvalue weighted by atomic mass is 10.2. The van der Waals surface area contributed by atoms with Crippen molar-refractivity contribution in [2.45, 2.75) is 6.54 Å². The lowest BCUT2D eigenvalue weighted by molar-refractivity contribution is -0.383. The molecule has 0 atom stereocenters. The molecule has 0 aliphatic carbocycles. The van der Waals surface area contributed by atoms with Gasteiger partial charge in [0.15, 0.2) is 0 Å². The number of hydrogen-bond acceptors (Lipinski definition) is 2. The molecule has 0 aliphatic rings. The molecule has 1 heterocycles. The number of rotatable bonds is 3. The van der Waals surface area contributed by atoms with Crippen molar-refractivity contribution >= 4 is 16.6 Å². The average Bonchev–Trinajstić information content (AvgIpc) is 2.85. The number of para-hydroxylation sites is 1. The Kier molecular flexibility index (Phi) is 3.13. The number of non-ortho nitro benzene ring substituents is 1. The Morgan fingerprint density at radius 1 is 1.14 bits per heavy atom. The third-order valence-corrected chi connectivity index (χ3v) is 3.32. The van der Waals surface area contributed by atoms with Crippen LogP contribution in [-0.4, -0.2) is 9.49 Å². The number of hydrogen-bond donors (Lipinski definition) is 0. The van der Waals surface area contributed by atoms with Gasteiger partial charge in [-0.2, -0.15) is 0 Å². The average molecular weight is 288 g/mol. The van der Waals surface area contributed by atoms with Gasteiger partial charge in [-0.05, 0) is 12.1 Å². The van der Waals surface area contributed by atoms with Gasteiger partial charge in [0.25, 0.3) is 5.69 Å². The van der Waals surface area contributed by atoms with Crippen LogP contribution in [0.3, 0.4) is 0 Å². The van der Waals surface area contributed by atoms with Gasteiger partial charge in [-0.3, -0.25) is 10.1 Å². The van der Waals surface area contributed by atoms with Crippen LogP contribution in [-0.2, 0) is 6.54 Å². The molecule has 0 amide bonds. The van der Waals surface area contributed by atoms with Crippen molar-refractivity contribution in [1.82, 2.24) is 4.57 Å². The number of halogens is 2. The molecule has 21 heavy (non-hydrogen) atoms. The highest BCUT2D eigenvalue weighted by Gasteiger charge is 2.16. The maximum Gasteiger partial charge on any atom is 0.293 e. The molecule has 0 N–H and O–H groups in total. The van der Waals surface area contributed by atoms with E-state index < -0.39 is 16.6 Å². The topological polar surface area (TPSA) is 48.1 Å². The first-order valence-electron chi connectivity index (χ1n) is 6.22. The predicted octanol–water partition coefficient (Wildman–Crippen LogP) is 3.88. The minimum absolute atomic E-state index is 0.0416. The van der Waals surface area contributed by atoms with Crippen molar-refractivity contribution in [1.29, 1.82) is 0 Å². The van der Waals surface area contributed by atoms with Gasteiger partial charge in [-0.1, -0.05) is 18.2 Å². The molecule has 0 aliphatic heterocycles. The van der Waals surface area contributed by atoms with Gasteiger partial charge in [-0.15, -0.1) is 0 Å². The fourth-order valence-corrected chi connectivity index (χ4v) is 2.35. The molecule has 0 spiro atoms. The van der Waals surface area contributed by atoms with Gasteiger partial charge < -0.3 is 4.57 Å². The van der Waals surface area contributed by atoms with Crippen LogP contribution in [0.25, 0.3) is 10.9 Å². The lowest BCUT2D eigenvalue weighted by Gasteiger charge is -2.07. The van der Waals surface area contributed by atoms with E-state index in [1.54, 1.807) is 29.0 Å². The van der Waals surface area contributed by atoms with Crippen LogP contribution in [0, 0.1) is 21.7 Å². The van der Waals surface area contributed by atoms with E-state index in [1.165, 1.54) is 18.2 Å². The molecular weight excluding hydrogens is 278 g/mol.